The van der Waals surface area contributed by atoms with Crippen LogP contribution in [0.1, 0.15) is 51.4 Å². The smallest absolute Gasteiger partial charge is 0.405 e. The molecule has 0 radical (unpaired) electrons. The number of hydrogen-bond acceptors (Lipinski definition) is 6. The number of nitrogens with zero attached hydrogens (tertiary/aromatic N) is 2. The van der Waals surface area contributed by atoms with Crippen molar-refractivity contribution in [2.75, 3.05) is 18.6 Å². The first-order valence-corrected chi connectivity index (χ1v) is 9.34. The highest BCUT2D eigenvalue weighted by Gasteiger charge is 2.27. The lowest BCUT2D eigenvalue weighted by Crippen LogP contribution is -2.22. The largest absolute Gasteiger partial charge is 0.459 e. The van der Waals surface area contributed by atoms with E-state index in [2.05, 4.69) is 15.4 Å². The predicted molar refractivity (Wildman–Crippen MR) is 112 cm³/mol. The van der Waals surface area contributed by atoms with Gasteiger partial charge in [-0.05, 0) is 41.7 Å². The maximum absolute atomic E-state index is 12.6. The molecule has 0 aliphatic carbocycles. The second-order valence-electron chi connectivity index (χ2n) is 7.21. The van der Waals surface area contributed by atoms with Gasteiger partial charge in [-0.1, -0.05) is 34.6 Å². The molecular weight excluding hydrogens is 383 g/mol. The van der Waals surface area contributed by atoms with Crippen molar-refractivity contribution in [3.8, 4) is 0 Å². The van der Waals surface area contributed by atoms with Crippen molar-refractivity contribution >= 4 is 22.5 Å². The first kappa shape index (κ1) is 24.5. The quantitative estimate of drug-likeness (QED) is 0.227. The third kappa shape index (κ3) is 6.49. The van der Waals surface area contributed by atoms with E-state index in [4.69, 9.17) is 16.3 Å². The Hall–Kier alpha value is -2.55. The topological polar surface area (TPSA) is 98.5 Å². The fourth-order valence-corrected chi connectivity index (χ4v) is 2.73. The zero-order valence-electron chi connectivity index (χ0n) is 17.7. The van der Waals surface area contributed by atoms with Gasteiger partial charge in [-0.3, -0.25) is 5.73 Å². The number of aromatic nitrogens is 1. The molecule has 1 heterocycles. The number of pyridine rings is 1. The van der Waals surface area contributed by atoms with Crippen LogP contribution in [-0.2, 0) is 10.2 Å². The van der Waals surface area contributed by atoms with Gasteiger partial charge in [0.1, 0.15) is 19.0 Å². The van der Waals surface area contributed by atoms with E-state index < -0.39 is 12.7 Å². The zero-order chi connectivity index (χ0) is 22.4. The first-order valence-electron chi connectivity index (χ1n) is 9.34. The van der Waals surface area contributed by atoms with Crippen LogP contribution in [0.3, 0.4) is 0 Å². The van der Waals surface area contributed by atoms with Gasteiger partial charge in [0.2, 0.25) is 0 Å². The minimum Gasteiger partial charge on any atom is -0.459 e. The van der Waals surface area contributed by atoms with Crippen LogP contribution < -0.4 is 16.9 Å². The number of aryl methyl sites for hydroxylation is 1. The number of rotatable bonds is 4. The maximum Gasteiger partial charge on any atom is 0.405 e. The fourth-order valence-electron chi connectivity index (χ4n) is 2.73. The van der Waals surface area contributed by atoms with E-state index in [1.165, 1.54) is 0 Å². The number of alkyl halides is 3. The molecular formula is C20H30F3N5O. The molecule has 0 saturated heterocycles. The number of hydrogen-bond donors (Lipinski definition) is 3. The molecule has 0 aliphatic rings. The van der Waals surface area contributed by atoms with Crippen molar-refractivity contribution in [1.82, 2.24) is 4.98 Å². The molecule has 0 unspecified atom stereocenters. The summed E-state index contributed by atoms with van der Waals surface area (Å²) in [6.07, 6.45) is -4.31. The van der Waals surface area contributed by atoms with Crippen molar-refractivity contribution in [1.29, 1.82) is 0 Å². The normalized spacial score (nSPS) is 12.4. The van der Waals surface area contributed by atoms with Gasteiger partial charge in [0, 0.05) is 11.1 Å². The number of nitrogens with two attached hydrogens (primary N) is 2. The molecule has 9 heteroatoms. The van der Waals surface area contributed by atoms with E-state index in [1.807, 2.05) is 41.5 Å². The molecule has 2 rings (SSSR count). The number of hydrazone groups is 1. The second kappa shape index (κ2) is 9.78. The number of fused-ring (bicyclic) bond motifs is 1. The van der Waals surface area contributed by atoms with Gasteiger partial charge >= 0.3 is 6.18 Å². The maximum atomic E-state index is 12.6. The van der Waals surface area contributed by atoms with E-state index in [1.54, 1.807) is 18.2 Å². The Morgan fingerprint density at radius 1 is 1.17 bits per heavy atom. The van der Waals surface area contributed by atoms with E-state index in [9.17, 15) is 13.2 Å². The minimum atomic E-state index is -4.31. The van der Waals surface area contributed by atoms with Gasteiger partial charge in [0.25, 0.3) is 5.90 Å². The zero-order valence-corrected chi connectivity index (χ0v) is 17.7. The highest BCUT2D eigenvalue weighted by molar-refractivity contribution is 5.97. The van der Waals surface area contributed by atoms with Gasteiger partial charge in [-0.15, -0.1) is 5.10 Å². The summed E-state index contributed by atoms with van der Waals surface area (Å²) in [5, 5.41) is 6.76. The second-order valence-corrected chi connectivity index (χ2v) is 7.21. The van der Waals surface area contributed by atoms with Gasteiger partial charge in [0.15, 0.2) is 0 Å². The number of halogens is 3. The van der Waals surface area contributed by atoms with Crippen molar-refractivity contribution in [3.05, 3.63) is 35.0 Å². The molecule has 1 aromatic heterocycles. The van der Waals surface area contributed by atoms with E-state index in [-0.39, 0.29) is 18.0 Å². The van der Waals surface area contributed by atoms with Gasteiger partial charge in [-0.2, -0.15) is 13.2 Å². The molecule has 0 bridgehead atoms. The predicted octanol–water partition coefficient (Wildman–Crippen LogP) is 4.39. The van der Waals surface area contributed by atoms with Gasteiger partial charge in [0.05, 0.1) is 5.52 Å². The Morgan fingerprint density at radius 3 is 2.28 bits per heavy atom. The van der Waals surface area contributed by atoms with Crippen LogP contribution in [0, 0.1) is 6.92 Å². The van der Waals surface area contributed by atoms with Crippen LogP contribution in [0.4, 0.5) is 18.9 Å². The highest BCUT2D eigenvalue weighted by Crippen LogP contribution is 2.34. The summed E-state index contributed by atoms with van der Waals surface area (Å²) in [6, 6.07) is 5.06. The lowest BCUT2D eigenvalue weighted by atomic mass is 9.84. The Kier molecular flexibility index (Phi) is 8.25. The van der Waals surface area contributed by atoms with Gasteiger partial charge < -0.3 is 15.9 Å². The Labute approximate surface area is 169 Å². The molecule has 29 heavy (non-hydrogen) atoms. The summed E-state index contributed by atoms with van der Waals surface area (Å²) in [5.41, 5.74) is 8.07. The number of ether oxygens (including phenoxy) is 1. The first-order chi connectivity index (χ1) is 13.5. The van der Waals surface area contributed by atoms with E-state index in [0.29, 0.717) is 16.9 Å². The Balaban J connectivity index is 0.00000204. The van der Waals surface area contributed by atoms with Gasteiger partial charge in [-0.25, -0.2) is 4.98 Å². The summed E-state index contributed by atoms with van der Waals surface area (Å²) in [6.45, 7) is 10.5. The molecule has 1 aromatic carbocycles. The summed E-state index contributed by atoms with van der Waals surface area (Å²) in [4.78, 5) is 4.60. The van der Waals surface area contributed by atoms with E-state index in [0.717, 1.165) is 16.5 Å². The van der Waals surface area contributed by atoms with Crippen LogP contribution in [0.5, 0.6) is 0 Å². The molecule has 162 valence electrons. The lowest BCUT2D eigenvalue weighted by Gasteiger charge is -2.23. The van der Waals surface area contributed by atoms with Crippen molar-refractivity contribution in [2.24, 2.45) is 16.7 Å². The molecule has 0 saturated carbocycles. The number of benzene rings is 1. The molecule has 0 amide bonds. The Morgan fingerprint density at radius 2 is 1.79 bits per heavy atom. The summed E-state index contributed by atoms with van der Waals surface area (Å²) >= 11 is 0. The number of anilines is 1. The number of nitrogens with one attached hydrogen (secondary N) is 1. The third-order valence-corrected chi connectivity index (χ3v) is 3.98. The molecule has 6 nitrogen and oxygen atoms in total. The summed E-state index contributed by atoms with van der Waals surface area (Å²) < 4.78 is 43.0. The monoisotopic (exact) mass is 413 g/mol. The highest BCUT2D eigenvalue weighted by atomic mass is 19.4. The minimum absolute atomic E-state index is 0.0987. The Bertz CT molecular complexity index is 858. The average molecular weight is 413 g/mol. The summed E-state index contributed by atoms with van der Waals surface area (Å²) in [5.74, 6) is 5.46. The van der Waals surface area contributed by atoms with E-state index >= 15 is 0 Å². The molecule has 2 aromatic rings. The van der Waals surface area contributed by atoms with Crippen LogP contribution >= 0.6 is 0 Å². The molecule has 5 N–H and O–H groups in total. The van der Waals surface area contributed by atoms with Crippen LogP contribution in [0.15, 0.2) is 23.3 Å². The van der Waals surface area contributed by atoms with Crippen LogP contribution in [0.2, 0.25) is 0 Å². The van der Waals surface area contributed by atoms with Crippen LogP contribution in [-0.4, -0.2) is 30.3 Å². The molecule has 0 aliphatic heterocycles. The molecule has 0 atom stereocenters. The SMILES string of the molecule is CC.Cc1cc(/C(=N/N)OCN)nc2c(C(C)(C)C)cc(NCC(F)(F)F)cc12. The molecule has 0 fully saturated rings. The molecule has 0 spiro atoms. The van der Waals surface area contributed by atoms with Crippen molar-refractivity contribution in [3.63, 3.8) is 0 Å². The van der Waals surface area contributed by atoms with Crippen LogP contribution in [0.25, 0.3) is 10.9 Å². The standard InChI is InChI=1S/C18H24F3N5O.C2H6/c1-10-5-14(16(26-23)27-9-22)25-15-12(10)6-11(24-8-18(19,20)21)7-13(15)17(2,3)4;1-2/h5-7,24H,8-9,22-23H2,1-4H3;1-2H3/b26-16-;. The van der Waals surface area contributed by atoms with Crippen molar-refractivity contribution in [2.45, 2.75) is 53.1 Å². The fraction of sp³-hybridized carbons (Fsp3) is 0.500. The average Bonchev–Trinajstić information content (AvgIpc) is 2.64. The summed E-state index contributed by atoms with van der Waals surface area (Å²) in [7, 11) is 0. The third-order valence-electron chi connectivity index (χ3n) is 3.98. The lowest BCUT2D eigenvalue weighted by molar-refractivity contribution is -0.115. The van der Waals surface area contributed by atoms with Crippen molar-refractivity contribution < 1.29 is 17.9 Å².